The van der Waals surface area contributed by atoms with E-state index in [1.165, 1.54) is 16.7 Å². The Kier molecular flexibility index (Phi) is 5.87. The minimum absolute atomic E-state index is 0.206. The van der Waals surface area contributed by atoms with Gasteiger partial charge in [0.1, 0.15) is 12.4 Å². The zero-order chi connectivity index (χ0) is 21.1. The van der Waals surface area contributed by atoms with Crippen LogP contribution in [0.15, 0.2) is 66.0 Å². The third-order valence-corrected chi connectivity index (χ3v) is 5.77. The second kappa shape index (κ2) is 8.73. The largest absolute Gasteiger partial charge is 0.480 e. The number of hydrogen-bond acceptors (Lipinski definition) is 5. The fraction of sp³-hybridized carbons (Fsp3) is 0.143. The first-order chi connectivity index (χ1) is 14.5. The minimum atomic E-state index is -1.13. The van der Waals surface area contributed by atoms with Gasteiger partial charge in [0.25, 0.3) is 0 Å². The third kappa shape index (κ3) is 4.24. The van der Waals surface area contributed by atoms with Gasteiger partial charge in [0.05, 0.1) is 17.3 Å². The van der Waals surface area contributed by atoms with E-state index in [1.54, 1.807) is 30.5 Å². The highest BCUT2D eigenvalue weighted by Crippen LogP contribution is 2.34. The normalized spacial score (nSPS) is 13.3. The summed E-state index contributed by atoms with van der Waals surface area (Å²) in [5, 5.41) is 10.2. The van der Waals surface area contributed by atoms with Gasteiger partial charge in [-0.1, -0.05) is 65.8 Å². The lowest BCUT2D eigenvalue weighted by Gasteiger charge is -2.35. The van der Waals surface area contributed by atoms with Crippen LogP contribution >= 0.6 is 23.4 Å². The monoisotopic (exact) mass is 440 g/mol. The number of aromatic nitrogens is 2. The number of carboxylic acid groups (broad SMARTS) is 1. The lowest BCUT2D eigenvalue weighted by atomic mass is 10.2. The van der Waals surface area contributed by atoms with Crippen molar-refractivity contribution in [2.75, 3.05) is 16.3 Å². The number of amides is 2. The maximum atomic E-state index is 13.1. The molecule has 9 heteroatoms. The lowest BCUT2D eigenvalue weighted by molar-refractivity contribution is -0.135. The number of carbonyl (C=O) groups excluding carboxylic acids is 1. The number of fused-ring (bicyclic) bond motifs is 1. The summed E-state index contributed by atoms with van der Waals surface area (Å²) in [6, 6.07) is 16.3. The number of anilines is 2. The Morgan fingerprint density at radius 1 is 1.13 bits per heavy atom. The molecule has 0 saturated carbocycles. The van der Waals surface area contributed by atoms with Gasteiger partial charge in [-0.15, -0.1) is 0 Å². The van der Waals surface area contributed by atoms with E-state index in [1.807, 2.05) is 30.3 Å². The van der Waals surface area contributed by atoms with Gasteiger partial charge in [-0.3, -0.25) is 14.6 Å². The average molecular weight is 441 g/mol. The zero-order valence-corrected chi connectivity index (χ0v) is 17.3. The molecule has 2 amide bonds. The number of thioether (sulfide) groups is 1. The highest BCUT2D eigenvalue weighted by atomic mass is 35.5. The molecule has 1 aliphatic rings. The molecule has 7 nitrogen and oxygen atoms in total. The Bertz CT molecular complexity index is 1100. The molecular weight excluding hydrogens is 424 g/mol. The number of hydrogen-bond donors (Lipinski definition) is 1. The van der Waals surface area contributed by atoms with Gasteiger partial charge in [-0.05, 0) is 17.7 Å². The van der Waals surface area contributed by atoms with Gasteiger partial charge >= 0.3 is 12.0 Å². The zero-order valence-electron chi connectivity index (χ0n) is 15.7. The first kappa shape index (κ1) is 20.2. The van der Waals surface area contributed by atoms with Crippen molar-refractivity contribution in [3.63, 3.8) is 0 Å². The number of urea groups is 1. The van der Waals surface area contributed by atoms with Crippen LogP contribution in [0.1, 0.15) is 11.1 Å². The maximum absolute atomic E-state index is 13.1. The van der Waals surface area contributed by atoms with E-state index in [0.29, 0.717) is 33.0 Å². The third-order valence-electron chi connectivity index (χ3n) is 4.51. The van der Waals surface area contributed by atoms with Crippen LogP contribution in [0.4, 0.5) is 16.3 Å². The summed E-state index contributed by atoms with van der Waals surface area (Å²) in [7, 11) is 0. The molecule has 0 unspecified atom stereocenters. The Labute approximate surface area is 182 Å². The molecule has 0 bridgehead atoms. The molecule has 0 radical (unpaired) electrons. The van der Waals surface area contributed by atoms with Crippen molar-refractivity contribution >= 4 is 46.9 Å². The second-order valence-corrected chi connectivity index (χ2v) is 7.93. The number of carbonyl (C=O) groups is 2. The van der Waals surface area contributed by atoms with Gasteiger partial charge < -0.3 is 5.11 Å². The average Bonchev–Trinajstić information content (AvgIpc) is 2.75. The van der Waals surface area contributed by atoms with Gasteiger partial charge in [-0.2, -0.15) is 0 Å². The summed E-state index contributed by atoms with van der Waals surface area (Å²) >= 11 is 7.69. The first-order valence-electron chi connectivity index (χ1n) is 9.11. The molecule has 0 fully saturated rings. The molecule has 4 rings (SSSR count). The van der Waals surface area contributed by atoms with E-state index in [-0.39, 0.29) is 6.54 Å². The van der Waals surface area contributed by atoms with E-state index < -0.39 is 18.5 Å². The van der Waals surface area contributed by atoms with Gasteiger partial charge in [0.2, 0.25) is 0 Å². The molecule has 30 heavy (non-hydrogen) atoms. The summed E-state index contributed by atoms with van der Waals surface area (Å²) in [4.78, 5) is 36.1. The molecule has 1 aliphatic heterocycles. The fourth-order valence-corrected chi connectivity index (χ4v) is 4.13. The Hall–Kier alpha value is -3.10. The van der Waals surface area contributed by atoms with E-state index in [4.69, 9.17) is 11.6 Å². The molecule has 0 saturated heterocycles. The van der Waals surface area contributed by atoms with Crippen LogP contribution in [0.2, 0.25) is 5.02 Å². The number of nitrogens with zero attached hydrogens (tertiary/aromatic N) is 4. The van der Waals surface area contributed by atoms with Crippen LogP contribution in [0.25, 0.3) is 0 Å². The Morgan fingerprint density at radius 2 is 1.87 bits per heavy atom. The molecule has 152 valence electrons. The molecule has 3 aromatic rings. The number of carboxylic acids is 1. The summed E-state index contributed by atoms with van der Waals surface area (Å²) in [6.45, 7) is -0.301. The van der Waals surface area contributed by atoms with Crippen molar-refractivity contribution in [2.45, 2.75) is 17.5 Å². The van der Waals surface area contributed by atoms with Gasteiger partial charge in [0.15, 0.2) is 5.16 Å². The topological polar surface area (TPSA) is 86.6 Å². The first-order valence-corrected chi connectivity index (χ1v) is 10.5. The predicted octanol–water partition coefficient (Wildman–Crippen LogP) is 4.45. The van der Waals surface area contributed by atoms with E-state index >= 15 is 0 Å². The molecule has 0 aliphatic carbocycles. The van der Waals surface area contributed by atoms with Crippen molar-refractivity contribution in [3.8, 4) is 0 Å². The summed E-state index contributed by atoms with van der Waals surface area (Å²) < 4.78 is 0. The molecule has 0 spiro atoms. The van der Waals surface area contributed by atoms with Crippen molar-refractivity contribution < 1.29 is 14.7 Å². The molecular formula is C21H17ClN4O3S. The van der Waals surface area contributed by atoms with E-state index in [2.05, 4.69) is 9.97 Å². The van der Waals surface area contributed by atoms with Crippen molar-refractivity contribution in [3.05, 3.63) is 76.9 Å². The minimum Gasteiger partial charge on any atom is -0.480 e. The van der Waals surface area contributed by atoms with Crippen LogP contribution in [0, 0.1) is 0 Å². The molecule has 1 N–H and O–H groups in total. The molecule has 2 heterocycles. The lowest BCUT2D eigenvalue weighted by Crippen LogP contribution is -2.50. The standard InChI is InChI=1S/C21H17ClN4O3S/c22-16-8-4-5-9-17(16)25-11-15-10-23-20(30-13-14-6-2-1-3-7-14)24-19(15)26(21(25)29)12-18(27)28/h1-10H,11-13H2,(H,27,28). The highest BCUT2D eigenvalue weighted by molar-refractivity contribution is 7.98. The summed E-state index contributed by atoms with van der Waals surface area (Å²) in [5.41, 5.74) is 2.28. The number of rotatable bonds is 6. The van der Waals surface area contributed by atoms with Crippen LogP contribution in [-0.2, 0) is 17.1 Å². The second-order valence-electron chi connectivity index (χ2n) is 6.58. The van der Waals surface area contributed by atoms with Crippen molar-refractivity contribution in [1.29, 1.82) is 0 Å². The molecule has 1 aromatic heterocycles. The Balaban J connectivity index is 1.65. The van der Waals surface area contributed by atoms with Crippen LogP contribution < -0.4 is 9.80 Å². The highest BCUT2D eigenvalue weighted by Gasteiger charge is 2.35. The summed E-state index contributed by atoms with van der Waals surface area (Å²) in [5.74, 6) is -0.151. The smallest absolute Gasteiger partial charge is 0.331 e. The van der Waals surface area contributed by atoms with Crippen molar-refractivity contribution in [2.24, 2.45) is 0 Å². The summed E-state index contributed by atoms with van der Waals surface area (Å²) in [6.07, 6.45) is 1.64. The maximum Gasteiger partial charge on any atom is 0.331 e. The van der Waals surface area contributed by atoms with E-state index in [0.717, 1.165) is 10.5 Å². The quantitative estimate of drug-likeness (QED) is 0.450. The number of halogens is 1. The fourth-order valence-electron chi connectivity index (χ4n) is 3.13. The van der Waals surface area contributed by atoms with Gasteiger partial charge in [-0.25, -0.2) is 14.8 Å². The molecule has 0 atom stereocenters. The molecule has 2 aromatic carbocycles. The van der Waals surface area contributed by atoms with Crippen LogP contribution in [0.3, 0.4) is 0 Å². The van der Waals surface area contributed by atoms with Crippen LogP contribution in [-0.4, -0.2) is 33.6 Å². The van der Waals surface area contributed by atoms with E-state index in [9.17, 15) is 14.7 Å². The Morgan fingerprint density at radius 3 is 2.60 bits per heavy atom. The number of aliphatic carboxylic acids is 1. The van der Waals surface area contributed by atoms with Gasteiger partial charge in [0, 0.05) is 17.5 Å². The SMILES string of the molecule is O=C(O)CN1C(=O)N(c2ccccc2Cl)Cc2cnc(SCc3ccccc3)nc21. The van der Waals surface area contributed by atoms with Crippen LogP contribution in [0.5, 0.6) is 0 Å². The number of para-hydroxylation sites is 1. The predicted molar refractivity (Wildman–Crippen MR) is 116 cm³/mol. The van der Waals surface area contributed by atoms with Crippen molar-refractivity contribution in [1.82, 2.24) is 9.97 Å². The number of benzene rings is 2.